The minimum absolute atomic E-state index is 0.0873. The van der Waals surface area contributed by atoms with Crippen LogP contribution in [0.2, 0.25) is 0 Å². The van der Waals surface area contributed by atoms with E-state index in [1.165, 1.54) is 32.1 Å². The lowest BCUT2D eigenvalue weighted by molar-refractivity contribution is -0.145. The molecule has 2 amide bonds. The summed E-state index contributed by atoms with van der Waals surface area (Å²) in [7, 11) is 0. The highest BCUT2D eigenvalue weighted by Gasteiger charge is 2.49. The number of unbranched alkanes of at least 4 members (excludes halogenated alkanes) is 1. The van der Waals surface area contributed by atoms with Gasteiger partial charge in [-0.25, -0.2) is 4.79 Å². The zero-order valence-corrected chi connectivity index (χ0v) is 19.7. The van der Waals surface area contributed by atoms with Gasteiger partial charge in [-0.3, -0.25) is 9.59 Å². The van der Waals surface area contributed by atoms with Crippen LogP contribution in [0.4, 0.5) is 4.79 Å². The molecule has 0 saturated heterocycles. The van der Waals surface area contributed by atoms with Gasteiger partial charge in [0.05, 0.1) is 6.04 Å². The Morgan fingerprint density at radius 2 is 1.62 bits per heavy atom. The zero-order valence-electron chi connectivity index (χ0n) is 19.7. The number of carbonyl (C=O) groups excluding carboxylic acids is 3. The van der Waals surface area contributed by atoms with Crippen LogP contribution in [0.3, 0.4) is 0 Å². The van der Waals surface area contributed by atoms with Gasteiger partial charge < -0.3 is 25.8 Å². The zero-order chi connectivity index (χ0) is 23.9. The summed E-state index contributed by atoms with van der Waals surface area (Å²) in [5, 5.41) is 5.37. The van der Waals surface area contributed by atoms with Crippen LogP contribution in [0.5, 0.6) is 0 Å². The quantitative estimate of drug-likeness (QED) is 0.337. The summed E-state index contributed by atoms with van der Waals surface area (Å²) in [6.45, 7) is 0.448. The molecule has 186 valence electrons. The molecule has 1 atom stereocenters. The Morgan fingerprint density at radius 1 is 0.941 bits per heavy atom. The molecular formula is C26H37N3O5. The molecule has 8 nitrogen and oxygen atoms in total. The maximum atomic E-state index is 12.3. The number of carbonyl (C=O) groups is 3. The number of nitrogens with two attached hydrogens (primary N) is 1. The lowest BCUT2D eigenvalue weighted by Crippen LogP contribution is -2.50. The van der Waals surface area contributed by atoms with Crippen molar-refractivity contribution in [2.75, 3.05) is 13.1 Å². The van der Waals surface area contributed by atoms with Gasteiger partial charge in [0.25, 0.3) is 0 Å². The molecule has 4 aliphatic rings. The Labute approximate surface area is 201 Å². The van der Waals surface area contributed by atoms with E-state index in [0.29, 0.717) is 37.6 Å². The molecule has 4 bridgehead atoms. The summed E-state index contributed by atoms with van der Waals surface area (Å²) in [6.07, 6.45) is 7.87. The molecule has 4 fully saturated rings. The van der Waals surface area contributed by atoms with Crippen molar-refractivity contribution in [2.45, 2.75) is 70.1 Å². The maximum Gasteiger partial charge on any atom is 0.407 e. The van der Waals surface area contributed by atoms with Crippen LogP contribution in [0.25, 0.3) is 0 Å². The van der Waals surface area contributed by atoms with E-state index in [1.54, 1.807) is 0 Å². The second-order valence-electron chi connectivity index (χ2n) is 10.2. The van der Waals surface area contributed by atoms with Crippen molar-refractivity contribution in [3.8, 4) is 0 Å². The Kier molecular flexibility index (Phi) is 8.43. The van der Waals surface area contributed by atoms with Gasteiger partial charge >= 0.3 is 12.1 Å². The average molecular weight is 472 g/mol. The van der Waals surface area contributed by atoms with E-state index < -0.39 is 12.0 Å². The highest BCUT2D eigenvalue weighted by atomic mass is 16.6. The minimum atomic E-state index is -0.707. The van der Waals surface area contributed by atoms with Gasteiger partial charge in [0.1, 0.15) is 19.3 Å². The van der Waals surface area contributed by atoms with Crippen LogP contribution in [-0.4, -0.2) is 43.2 Å². The monoisotopic (exact) mass is 471 g/mol. The topological polar surface area (TPSA) is 120 Å². The molecule has 0 heterocycles. The van der Waals surface area contributed by atoms with Gasteiger partial charge in [-0.05, 0) is 80.6 Å². The van der Waals surface area contributed by atoms with Crippen molar-refractivity contribution in [3.63, 3.8) is 0 Å². The molecule has 0 spiro atoms. The first-order valence-electron chi connectivity index (χ1n) is 12.6. The number of amides is 2. The second-order valence-corrected chi connectivity index (χ2v) is 10.2. The smallest absolute Gasteiger partial charge is 0.407 e. The van der Waals surface area contributed by atoms with E-state index in [9.17, 15) is 14.4 Å². The molecule has 1 aromatic rings. The van der Waals surface area contributed by atoms with Gasteiger partial charge in [-0.2, -0.15) is 0 Å². The summed E-state index contributed by atoms with van der Waals surface area (Å²) in [6, 6.07) is 8.63. The average Bonchev–Trinajstić information content (AvgIpc) is 2.83. The third-order valence-electron chi connectivity index (χ3n) is 7.58. The molecule has 4 saturated carbocycles. The Morgan fingerprint density at radius 3 is 2.29 bits per heavy atom. The molecule has 0 unspecified atom stereocenters. The van der Waals surface area contributed by atoms with E-state index in [0.717, 1.165) is 17.4 Å². The fraction of sp³-hybridized carbons (Fsp3) is 0.654. The van der Waals surface area contributed by atoms with Crippen LogP contribution in [0, 0.1) is 23.7 Å². The fourth-order valence-corrected chi connectivity index (χ4v) is 6.12. The highest BCUT2D eigenvalue weighted by Crippen LogP contribution is 2.54. The third-order valence-corrected chi connectivity index (χ3v) is 7.58. The molecule has 4 aliphatic carbocycles. The summed E-state index contributed by atoms with van der Waals surface area (Å²) >= 11 is 0. The standard InChI is InChI=1S/C26H37N3O5/c27-22(25(31)29-15-23(30)33-16-17-6-2-1-3-7-17)8-4-5-9-28-26(32)34-24-20-11-18-10-19(13-20)14-21(24)12-18/h1-3,6-7,18-22,24H,4-5,8-16,27H2,(H,28,32)(H,29,31)/t18?,19?,20?,21?,22-,24?/m0/s1. The maximum absolute atomic E-state index is 12.3. The van der Waals surface area contributed by atoms with Gasteiger partial charge in [0, 0.05) is 6.54 Å². The highest BCUT2D eigenvalue weighted by molar-refractivity contribution is 5.85. The van der Waals surface area contributed by atoms with Gasteiger partial charge in [-0.15, -0.1) is 0 Å². The van der Waals surface area contributed by atoms with Crippen LogP contribution in [0.15, 0.2) is 30.3 Å². The van der Waals surface area contributed by atoms with Crippen molar-refractivity contribution < 1.29 is 23.9 Å². The molecule has 0 aliphatic heterocycles. The number of hydrogen-bond donors (Lipinski definition) is 3. The Bertz CT molecular complexity index is 818. The van der Waals surface area contributed by atoms with Gasteiger partial charge in [0.15, 0.2) is 0 Å². The SMILES string of the molecule is N[C@@H](CCCCNC(=O)OC1C2CC3CC(C2)CC1C3)C(=O)NCC(=O)OCc1ccccc1. The normalized spacial score (nSPS) is 27.6. The van der Waals surface area contributed by atoms with Crippen LogP contribution >= 0.6 is 0 Å². The molecule has 0 aromatic heterocycles. The molecule has 0 radical (unpaired) electrons. The summed E-state index contributed by atoms with van der Waals surface area (Å²) in [5.74, 6) is 1.92. The van der Waals surface area contributed by atoms with Crippen molar-refractivity contribution in [3.05, 3.63) is 35.9 Å². The molecule has 5 rings (SSSR count). The van der Waals surface area contributed by atoms with Crippen molar-refractivity contribution in [1.82, 2.24) is 10.6 Å². The number of esters is 1. The summed E-state index contributed by atoms with van der Waals surface area (Å²) in [4.78, 5) is 36.2. The van der Waals surface area contributed by atoms with Gasteiger partial charge in [0.2, 0.25) is 5.91 Å². The predicted molar refractivity (Wildman–Crippen MR) is 126 cm³/mol. The first-order valence-corrected chi connectivity index (χ1v) is 12.6. The molecule has 4 N–H and O–H groups in total. The van der Waals surface area contributed by atoms with E-state index in [2.05, 4.69) is 10.6 Å². The number of benzene rings is 1. The largest absolute Gasteiger partial charge is 0.460 e. The number of hydrogen-bond acceptors (Lipinski definition) is 6. The first-order chi connectivity index (χ1) is 16.5. The van der Waals surface area contributed by atoms with Crippen LogP contribution < -0.4 is 16.4 Å². The van der Waals surface area contributed by atoms with Crippen LogP contribution in [0.1, 0.15) is 56.9 Å². The van der Waals surface area contributed by atoms with E-state index in [-0.39, 0.29) is 31.3 Å². The third kappa shape index (κ3) is 6.72. The Balaban J connectivity index is 1.03. The van der Waals surface area contributed by atoms with Crippen molar-refractivity contribution in [1.29, 1.82) is 0 Å². The molecule has 34 heavy (non-hydrogen) atoms. The van der Waals surface area contributed by atoms with Crippen LogP contribution in [-0.2, 0) is 25.7 Å². The molecule has 8 heteroatoms. The summed E-state index contributed by atoms with van der Waals surface area (Å²) < 4.78 is 10.9. The number of nitrogens with one attached hydrogen (secondary N) is 2. The number of rotatable bonds is 11. The summed E-state index contributed by atoms with van der Waals surface area (Å²) in [5.41, 5.74) is 6.81. The van der Waals surface area contributed by atoms with Gasteiger partial charge in [-0.1, -0.05) is 30.3 Å². The molecular weight excluding hydrogens is 434 g/mol. The predicted octanol–water partition coefficient (Wildman–Crippen LogP) is 2.89. The van der Waals surface area contributed by atoms with Crippen molar-refractivity contribution >= 4 is 18.0 Å². The Hall–Kier alpha value is -2.61. The number of alkyl carbamates (subject to hydrolysis) is 1. The lowest BCUT2D eigenvalue weighted by Gasteiger charge is -2.53. The van der Waals surface area contributed by atoms with Crippen molar-refractivity contribution in [2.24, 2.45) is 29.4 Å². The molecule has 1 aromatic carbocycles. The lowest BCUT2D eigenvalue weighted by atomic mass is 9.55. The second kappa shape index (κ2) is 11.7. The number of ether oxygens (including phenoxy) is 2. The first kappa shape index (κ1) is 24.5. The fourth-order valence-electron chi connectivity index (χ4n) is 6.12. The van der Waals surface area contributed by atoms with E-state index in [4.69, 9.17) is 15.2 Å². The van der Waals surface area contributed by atoms with E-state index >= 15 is 0 Å². The minimum Gasteiger partial charge on any atom is -0.460 e. The van der Waals surface area contributed by atoms with E-state index in [1.807, 2.05) is 30.3 Å².